The molecule has 5 rings (SSSR count). The first kappa shape index (κ1) is 20.2. The van der Waals surface area contributed by atoms with Crippen LogP contribution >= 0.6 is 11.3 Å². The third-order valence-electron chi connectivity index (χ3n) is 5.55. The number of benzene rings is 2. The lowest BCUT2D eigenvalue weighted by molar-refractivity contribution is 0.0983. The molecule has 160 valence electrons. The van der Waals surface area contributed by atoms with Crippen LogP contribution in [0.3, 0.4) is 0 Å². The Morgan fingerprint density at radius 3 is 2.74 bits per heavy atom. The number of nitrogens with zero attached hydrogens (tertiary/aromatic N) is 2. The van der Waals surface area contributed by atoms with Gasteiger partial charge in [-0.05, 0) is 43.2 Å². The number of sulfone groups is 1. The second kappa shape index (κ2) is 8.07. The highest BCUT2D eigenvalue weighted by molar-refractivity contribution is 7.92. The summed E-state index contributed by atoms with van der Waals surface area (Å²) in [6, 6.07) is 11.2. The molecule has 0 aliphatic carbocycles. The van der Waals surface area contributed by atoms with E-state index in [4.69, 9.17) is 9.47 Å². The van der Waals surface area contributed by atoms with Crippen molar-refractivity contribution in [3.05, 3.63) is 48.1 Å². The number of hydrogen-bond acceptors (Lipinski definition) is 8. The van der Waals surface area contributed by atoms with Gasteiger partial charge >= 0.3 is 0 Å². The Morgan fingerprint density at radius 2 is 1.94 bits per heavy atom. The van der Waals surface area contributed by atoms with E-state index >= 15 is 0 Å². The molecular weight excluding hydrogens is 434 g/mol. The van der Waals surface area contributed by atoms with Crippen molar-refractivity contribution in [3.8, 4) is 5.75 Å². The molecule has 1 aliphatic rings. The summed E-state index contributed by atoms with van der Waals surface area (Å²) < 4.78 is 38.7. The van der Waals surface area contributed by atoms with E-state index in [1.54, 1.807) is 29.7 Å². The first-order chi connectivity index (χ1) is 15.1. The van der Waals surface area contributed by atoms with Gasteiger partial charge in [0.05, 0.1) is 33.6 Å². The van der Waals surface area contributed by atoms with Gasteiger partial charge in [-0.2, -0.15) is 0 Å². The fourth-order valence-corrected chi connectivity index (χ4v) is 6.44. The predicted octanol–water partition coefficient (Wildman–Crippen LogP) is 4.55. The maximum Gasteiger partial charge on any atom is 0.185 e. The lowest BCUT2D eigenvalue weighted by Crippen LogP contribution is -2.29. The van der Waals surface area contributed by atoms with Crippen molar-refractivity contribution in [2.75, 3.05) is 25.6 Å². The van der Waals surface area contributed by atoms with Gasteiger partial charge in [0.15, 0.2) is 9.84 Å². The Labute approximate surface area is 184 Å². The van der Waals surface area contributed by atoms with Crippen molar-refractivity contribution in [1.29, 1.82) is 0 Å². The number of nitrogens with one attached hydrogen (secondary N) is 1. The third-order valence-corrected chi connectivity index (χ3v) is 8.64. The summed E-state index contributed by atoms with van der Waals surface area (Å²) in [4.78, 5) is 8.98. The van der Waals surface area contributed by atoms with Crippen molar-refractivity contribution in [2.24, 2.45) is 0 Å². The van der Waals surface area contributed by atoms with E-state index in [0.29, 0.717) is 42.7 Å². The van der Waals surface area contributed by atoms with Gasteiger partial charge in [0, 0.05) is 42.2 Å². The zero-order chi connectivity index (χ0) is 21.4. The Hall–Kier alpha value is -2.75. The van der Waals surface area contributed by atoms with E-state index in [-0.39, 0.29) is 4.90 Å². The van der Waals surface area contributed by atoms with Crippen molar-refractivity contribution >= 4 is 53.7 Å². The van der Waals surface area contributed by atoms with Crippen molar-refractivity contribution in [2.45, 2.75) is 23.0 Å². The molecule has 7 nitrogen and oxygen atoms in total. The zero-order valence-electron chi connectivity index (χ0n) is 16.9. The van der Waals surface area contributed by atoms with E-state index in [1.165, 1.54) is 7.11 Å². The SMILES string of the molecule is COc1cc2nccc(Nc3ccc4scnc4c3)c2cc1S(=O)(=O)C1CCOCC1. The molecule has 0 bridgehead atoms. The number of anilines is 2. The molecule has 31 heavy (non-hydrogen) atoms. The van der Waals surface area contributed by atoms with Crippen LogP contribution < -0.4 is 10.1 Å². The number of hydrogen-bond donors (Lipinski definition) is 1. The highest BCUT2D eigenvalue weighted by atomic mass is 32.2. The number of ether oxygens (including phenoxy) is 2. The summed E-state index contributed by atoms with van der Waals surface area (Å²) in [5.41, 5.74) is 5.03. The predicted molar refractivity (Wildman–Crippen MR) is 122 cm³/mol. The average Bonchev–Trinajstić information content (AvgIpc) is 3.27. The molecule has 1 saturated heterocycles. The van der Waals surface area contributed by atoms with Crippen LogP contribution in [0.2, 0.25) is 0 Å². The Balaban J connectivity index is 1.60. The van der Waals surface area contributed by atoms with Crippen molar-refractivity contribution in [1.82, 2.24) is 9.97 Å². The monoisotopic (exact) mass is 455 g/mol. The molecule has 2 aromatic carbocycles. The van der Waals surface area contributed by atoms with Gasteiger partial charge in [-0.1, -0.05) is 0 Å². The lowest BCUT2D eigenvalue weighted by atomic mass is 10.1. The fraction of sp³-hybridized carbons (Fsp3) is 0.273. The minimum absolute atomic E-state index is 0.195. The molecule has 0 radical (unpaired) electrons. The standard InChI is InChI=1S/C22H21N3O4S2/c1-28-20-12-18-16(11-22(20)31(26,27)15-5-8-29-9-6-15)17(4-7-23-18)25-14-2-3-21-19(10-14)24-13-30-21/h2-4,7,10-13,15H,5-6,8-9H2,1H3,(H,23,25). The molecule has 0 unspecified atom stereocenters. The summed E-state index contributed by atoms with van der Waals surface area (Å²) in [5.74, 6) is 0.313. The highest BCUT2D eigenvalue weighted by Gasteiger charge is 2.32. The van der Waals surface area contributed by atoms with Crippen LogP contribution in [-0.4, -0.2) is 44.0 Å². The molecular formula is C22H21N3O4S2. The normalized spacial score (nSPS) is 15.4. The fourth-order valence-electron chi connectivity index (χ4n) is 3.90. The Morgan fingerprint density at radius 1 is 1.10 bits per heavy atom. The summed E-state index contributed by atoms with van der Waals surface area (Å²) in [5, 5.41) is 3.63. The lowest BCUT2D eigenvalue weighted by Gasteiger charge is -2.23. The Bertz CT molecular complexity index is 1360. The van der Waals surface area contributed by atoms with E-state index in [2.05, 4.69) is 15.3 Å². The van der Waals surface area contributed by atoms with Crippen LogP contribution in [-0.2, 0) is 14.6 Å². The third kappa shape index (κ3) is 3.73. The van der Waals surface area contributed by atoms with Gasteiger partial charge in [0.25, 0.3) is 0 Å². The van der Waals surface area contributed by atoms with Crippen molar-refractivity contribution < 1.29 is 17.9 Å². The zero-order valence-corrected chi connectivity index (χ0v) is 18.5. The second-order valence-electron chi connectivity index (χ2n) is 7.40. The van der Waals surface area contributed by atoms with Crippen LogP contribution in [0.15, 0.2) is 53.0 Å². The topological polar surface area (TPSA) is 90.4 Å². The molecule has 1 fully saturated rings. The quantitative estimate of drug-likeness (QED) is 0.472. The number of rotatable bonds is 5. The number of thiazole rings is 1. The Kier molecular flexibility index (Phi) is 5.25. The molecule has 0 spiro atoms. The van der Waals surface area contributed by atoms with Gasteiger partial charge in [0.1, 0.15) is 10.6 Å². The highest BCUT2D eigenvalue weighted by Crippen LogP contribution is 2.36. The largest absolute Gasteiger partial charge is 0.495 e. The molecule has 1 N–H and O–H groups in total. The van der Waals surface area contributed by atoms with Gasteiger partial charge in [-0.25, -0.2) is 13.4 Å². The van der Waals surface area contributed by atoms with Gasteiger partial charge < -0.3 is 14.8 Å². The molecule has 3 heterocycles. The summed E-state index contributed by atoms with van der Waals surface area (Å²) in [6.45, 7) is 0.903. The summed E-state index contributed by atoms with van der Waals surface area (Å²) in [6.07, 6.45) is 2.66. The van der Waals surface area contributed by atoms with E-state index < -0.39 is 15.1 Å². The number of aromatic nitrogens is 2. The number of methoxy groups -OCH3 is 1. The molecule has 0 atom stereocenters. The summed E-state index contributed by atoms with van der Waals surface area (Å²) >= 11 is 1.59. The van der Waals surface area contributed by atoms with Crippen LogP contribution in [0, 0.1) is 0 Å². The van der Waals surface area contributed by atoms with Crippen LogP contribution in [0.25, 0.3) is 21.1 Å². The van der Waals surface area contributed by atoms with E-state index in [9.17, 15) is 8.42 Å². The number of pyridine rings is 1. The van der Waals surface area contributed by atoms with Crippen LogP contribution in [0.5, 0.6) is 5.75 Å². The minimum atomic E-state index is -3.58. The molecule has 4 aromatic rings. The molecule has 2 aromatic heterocycles. The minimum Gasteiger partial charge on any atom is -0.495 e. The molecule has 1 aliphatic heterocycles. The molecule has 0 saturated carbocycles. The van der Waals surface area contributed by atoms with Crippen molar-refractivity contribution in [3.63, 3.8) is 0 Å². The average molecular weight is 456 g/mol. The van der Waals surface area contributed by atoms with E-state index in [0.717, 1.165) is 21.6 Å². The second-order valence-corrected chi connectivity index (χ2v) is 10.5. The number of fused-ring (bicyclic) bond motifs is 2. The first-order valence-electron chi connectivity index (χ1n) is 9.95. The molecule has 9 heteroatoms. The van der Waals surface area contributed by atoms with Gasteiger partial charge in [0.2, 0.25) is 0 Å². The maximum absolute atomic E-state index is 13.4. The summed E-state index contributed by atoms with van der Waals surface area (Å²) in [7, 11) is -2.09. The van der Waals surface area contributed by atoms with Crippen LogP contribution in [0.1, 0.15) is 12.8 Å². The first-order valence-corrected chi connectivity index (χ1v) is 12.4. The van der Waals surface area contributed by atoms with Gasteiger partial charge in [-0.15, -0.1) is 11.3 Å². The molecule has 0 amide bonds. The smallest absolute Gasteiger partial charge is 0.185 e. The van der Waals surface area contributed by atoms with E-state index in [1.807, 2.05) is 29.8 Å². The van der Waals surface area contributed by atoms with Gasteiger partial charge in [-0.3, -0.25) is 4.98 Å². The maximum atomic E-state index is 13.4. The van der Waals surface area contributed by atoms with Crippen LogP contribution in [0.4, 0.5) is 11.4 Å².